The van der Waals surface area contributed by atoms with Crippen LogP contribution in [0.5, 0.6) is 0 Å². The molecule has 110 valence electrons. The molecule has 0 spiro atoms. The minimum absolute atomic E-state index is 0.275. The normalized spacial score (nSPS) is 16.2. The quantitative estimate of drug-likeness (QED) is 0.698. The Balaban J connectivity index is 1.80. The van der Waals surface area contributed by atoms with Crippen LogP contribution < -0.4 is 5.32 Å². The van der Waals surface area contributed by atoms with Gasteiger partial charge in [0.25, 0.3) is 5.91 Å². The van der Waals surface area contributed by atoms with E-state index in [2.05, 4.69) is 5.32 Å². The third-order valence-corrected chi connectivity index (χ3v) is 3.53. The third kappa shape index (κ3) is 2.91. The average Bonchev–Trinajstić information content (AvgIpc) is 2.78. The Morgan fingerprint density at radius 3 is 2.36 bits per heavy atom. The van der Waals surface area contributed by atoms with Crippen LogP contribution >= 0.6 is 0 Å². The molecule has 2 aromatic carbocycles. The maximum absolute atomic E-state index is 12.4. The first-order chi connectivity index (χ1) is 10.6. The molecule has 0 aliphatic carbocycles. The third-order valence-electron chi connectivity index (χ3n) is 3.53. The second-order valence-corrected chi connectivity index (χ2v) is 5.28. The lowest BCUT2D eigenvalue weighted by Gasteiger charge is -2.11. The first kappa shape index (κ1) is 14.1. The molecule has 0 unspecified atom stereocenters. The number of amides is 3. The summed E-state index contributed by atoms with van der Waals surface area (Å²) in [6, 6.07) is 16.8. The van der Waals surface area contributed by atoms with Gasteiger partial charge in [-0.15, -0.1) is 0 Å². The smallest absolute Gasteiger partial charge is 0.303 e. The number of carbonyl (C=O) groups excluding carboxylic acids is 2. The van der Waals surface area contributed by atoms with Crippen LogP contribution in [0.25, 0.3) is 6.08 Å². The Morgan fingerprint density at radius 2 is 1.68 bits per heavy atom. The van der Waals surface area contributed by atoms with Crippen molar-refractivity contribution in [3.8, 4) is 0 Å². The van der Waals surface area contributed by atoms with Crippen molar-refractivity contribution in [2.24, 2.45) is 0 Å². The molecule has 0 radical (unpaired) electrons. The maximum atomic E-state index is 12.4. The number of urea groups is 1. The van der Waals surface area contributed by atoms with E-state index in [1.807, 2.05) is 61.5 Å². The maximum Gasteiger partial charge on any atom is 0.329 e. The van der Waals surface area contributed by atoms with Gasteiger partial charge < -0.3 is 5.32 Å². The molecule has 22 heavy (non-hydrogen) atoms. The van der Waals surface area contributed by atoms with Crippen LogP contribution in [0.3, 0.4) is 0 Å². The van der Waals surface area contributed by atoms with Gasteiger partial charge in [-0.1, -0.05) is 60.2 Å². The van der Waals surface area contributed by atoms with Crippen molar-refractivity contribution in [1.82, 2.24) is 10.2 Å². The molecule has 1 heterocycles. The summed E-state index contributed by atoms with van der Waals surface area (Å²) >= 11 is 0. The van der Waals surface area contributed by atoms with E-state index < -0.39 is 0 Å². The van der Waals surface area contributed by atoms with Gasteiger partial charge in [0.15, 0.2) is 0 Å². The summed E-state index contributed by atoms with van der Waals surface area (Å²) in [5.74, 6) is -0.297. The monoisotopic (exact) mass is 292 g/mol. The summed E-state index contributed by atoms with van der Waals surface area (Å²) in [5.41, 5.74) is 3.26. The molecule has 2 aromatic rings. The number of imide groups is 1. The van der Waals surface area contributed by atoms with Gasteiger partial charge in [0.1, 0.15) is 5.70 Å². The predicted octanol–water partition coefficient (Wildman–Crippen LogP) is 3.09. The number of nitrogens with one attached hydrogen (secondary N) is 1. The van der Waals surface area contributed by atoms with E-state index in [4.69, 9.17) is 0 Å². The van der Waals surface area contributed by atoms with Gasteiger partial charge in [0.2, 0.25) is 0 Å². The van der Waals surface area contributed by atoms with Crippen molar-refractivity contribution in [3.63, 3.8) is 0 Å². The molecule has 1 saturated heterocycles. The minimum atomic E-state index is -0.382. The largest absolute Gasteiger partial charge is 0.329 e. The number of carbonyl (C=O) groups is 2. The first-order valence-corrected chi connectivity index (χ1v) is 7.08. The van der Waals surface area contributed by atoms with Crippen LogP contribution in [0.4, 0.5) is 4.79 Å². The van der Waals surface area contributed by atoms with Gasteiger partial charge in [-0.3, -0.25) is 9.69 Å². The van der Waals surface area contributed by atoms with Gasteiger partial charge in [-0.2, -0.15) is 0 Å². The summed E-state index contributed by atoms with van der Waals surface area (Å²) in [4.78, 5) is 25.6. The van der Waals surface area contributed by atoms with Gasteiger partial charge in [-0.05, 0) is 24.1 Å². The number of hydrogen-bond acceptors (Lipinski definition) is 2. The van der Waals surface area contributed by atoms with Crippen LogP contribution in [0.15, 0.2) is 60.3 Å². The lowest BCUT2D eigenvalue weighted by molar-refractivity contribution is -0.123. The predicted molar refractivity (Wildman–Crippen MR) is 84.7 cm³/mol. The van der Waals surface area contributed by atoms with Crippen LogP contribution in [0.2, 0.25) is 0 Å². The number of rotatable bonds is 3. The molecule has 1 fully saturated rings. The first-order valence-electron chi connectivity index (χ1n) is 7.08. The van der Waals surface area contributed by atoms with E-state index in [-0.39, 0.29) is 18.5 Å². The highest BCUT2D eigenvalue weighted by molar-refractivity contribution is 6.13. The molecule has 0 saturated carbocycles. The zero-order valence-corrected chi connectivity index (χ0v) is 12.2. The van der Waals surface area contributed by atoms with Crippen molar-refractivity contribution in [2.45, 2.75) is 13.5 Å². The van der Waals surface area contributed by atoms with Crippen molar-refractivity contribution in [3.05, 3.63) is 77.0 Å². The lowest BCUT2D eigenvalue weighted by atomic mass is 10.1. The molecular formula is C18H16N2O2. The Kier molecular flexibility index (Phi) is 3.74. The highest BCUT2D eigenvalue weighted by Crippen LogP contribution is 2.17. The molecule has 1 aliphatic rings. The van der Waals surface area contributed by atoms with Crippen molar-refractivity contribution >= 4 is 18.0 Å². The van der Waals surface area contributed by atoms with E-state index in [0.29, 0.717) is 5.70 Å². The molecule has 0 bridgehead atoms. The van der Waals surface area contributed by atoms with Crippen molar-refractivity contribution in [2.75, 3.05) is 0 Å². The SMILES string of the molecule is Cc1ccc(CN2C(=O)N/C(=C/c3ccccc3)C2=O)cc1. The fourth-order valence-corrected chi connectivity index (χ4v) is 2.31. The van der Waals surface area contributed by atoms with Crippen LogP contribution in [-0.4, -0.2) is 16.8 Å². The highest BCUT2D eigenvalue weighted by Gasteiger charge is 2.33. The molecule has 4 nitrogen and oxygen atoms in total. The topological polar surface area (TPSA) is 49.4 Å². The highest BCUT2D eigenvalue weighted by atomic mass is 16.2. The summed E-state index contributed by atoms with van der Waals surface area (Å²) in [6.07, 6.45) is 1.69. The summed E-state index contributed by atoms with van der Waals surface area (Å²) < 4.78 is 0. The van der Waals surface area contributed by atoms with Gasteiger partial charge in [0.05, 0.1) is 6.54 Å². The second kappa shape index (κ2) is 5.85. The van der Waals surface area contributed by atoms with Crippen LogP contribution in [0.1, 0.15) is 16.7 Å². The number of nitrogens with zero attached hydrogens (tertiary/aromatic N) is 1. The zero-order chi connectivity index (χ0) is 15.5. The van der Waals surface area contributed by atoms with Crippen LogP contribution in [0, 0.1) is 6.92 Å². The fraction of sp³-hybridized carbons (Fsp3) is 0.111. The minimum Gasteiger partial charge on any atom is -0.303 e. The Labute approximate surface area is 129 Å². The van der Waals surface area contributed by atoms with E-state index in [1.54, 1.807) is 6.08 Å². The van der Waals surface area contributed by atoms with Crippen molar-refractivity contribution < 1.29 is 9.59 Å². The summed E-state index contributed by atoms with van der Waals surface area (Å²) in [6.45, 7) is 2.27. The van der Waals surface area contributed by atoms with Gasteiger partial charge in [-0.25, -0.2) is 4.79 Å². The second-order valence-electron chi connectivity index (χ2n) is 5.28. The molecule has 1 N–H and O–H groups in total. The van der Waals surface area contributed by atoms with Gasteiger partial charge in [0, 0.05) is 0 Å². The number of aryl methyl sites for hydroxylation is 1. The average molecular weight is 292 g/mol. The fourth-order valence-electron chi connectivity index (χ4n) is 2.31. The van der Waals surface area contributed by atoms with Crippen LogP contribution in [-0.2, 0) is 11.3 Å². The molecule has 3 amide bonds. The molecule has 3 rings (SSSR count). The van der Waals surface area contributed by atoms with E-state index in [0.717, 1.165) is 16.7 Å². The lowest BCUT2D eigenvalue weighted by Crippen LogP contribution is -2.30. The molecule has 1 aliphatic heterocycles. The van der Waals surface area contributed by atoms with E-state index in [9.17, 15) is 9.59 Å². The molecule has 0 aromatic heterocycles. The molecular weight excluding hydrogens is 276 g/mol. The standard InChI is InChI=1S/C18H16N2O2/c1-13-7-9-15(10-8-13)12-20-17(21)16(19-18(20)22)11-14-5-3-2-4-6-14/h2-11H,12H2,1H3,(H,19,22)/b16-11+. The Bertz CT molecular complexity index is 733. The van der Waals surface area contributed by atoms with Gasteiger partial charge >= 0.3 is 6.03 Å². The summed E-state index contributed by atoms with van der Waals surface area (Å²) in [7, 11) is 0. The van der Waals surface area contributed by atoms with E-state index >= 15 is 0 Å². The van der Waals surface area contributed by atoms with Crippen molar-refractivity contribution in [1.29, 1.82) is 0 Å². The zero-order valence-electron chi connectivity index (χ0n) is 12.2. The number of hydrogen-bond donors (Lipinski definition) is 1. The number of benzene rings is 2. The Morgan fingerprint density at radius 1 is 1.00 bits per heavy atom. The van der Waals surface area contributed by atoms with E-state index in [1.165, 1.54) is 4.90 Å². The Hall–Kier alpha value is -2.88. The molecule has 0 atom stereocenters. The summed E-state index contributed by atoms with van der Waals surface area (Å²) in [5, 5.41) is 2.63. The molecule has 4 heteroatoms.